The molecule has 1 saturated heterocycles. The summed E-state index contributed by atoms with van der Waals surface area (Å²) in [5.74, 6) is -0.154. The van der Waals surface area contributed by atoms with Gasteiger partial charge >= 0.3 is 6.09 Å². The Kier molecular flexibility index (Phi) is 8.52. The van der Waals surface area contributed by atoms with E-state index >= 15 is 0 Å². The molecule has 0 aliphatic carbocycles. The van der Waals surface area contributed by atoms with Crippen LogP contribution in [0.15, 0.2) is 33.9 Å². The monoisotopic (exact) mass is 555 g/mol. The van der Waals surface area contributed by atoms with Crippen molar-refractivity contribution in [3.8, 4) is 0 Å². The van der Waals surface area contributed by atoms with E-state index in [0.29, 0.717) is 36.1 Å². The van der Waals surface area contributed by atoms with Gasteiger partial charge in [-0.3, -0.25) is 9.59 Å². The van der Waals surface area contributed by atoms with E-state index in [1.165, 1.54) is 4.90 Å². The van der Waals surface area contributed by atoms with Gasteiger partial charge < -0.3 is 25.0 Å². The van der Waals surface area contributed by atoms with Crippen LogP contribution in [-0.4, -0.2) is 66.3 Å². The third-order valence-corrected chi connectivity index (χ3v) is 6.40. The summed E-state index contributed by atoms with van der Waals surface area (Å²) in [5.41, 5.74) is 2.09. The largest absolute Gasteiger partial charge is 0.465 e. The van der Waals surface area contributed by atoms with Gasteiger partial charge in [0.2, 0.25) is 0 Å². The van der Waals surface area contributed by atoms with Crippen molar-refractivity contribution in [3.05, 3.63) is 39.5 Å². The van der Waals surface area contributed by atoms with E-state index in [0.717, 1.165) is 17.7 Å². The van der Waals surface area contributed by atoms with E-state index in [-0.39, 0.29) is 30.3 Å². The van der Waals surface area contributed by atoms with Crippen molar-refractivity contribution in [3.63, 3.8) is 0 Å². The van der Waals surface area contributed by atoms with Crippen LogP contribution >= 0.6 is 22.6 Å². The molecule has 2 aliphatic rings. The number of para-hydroxylation sites is 1. The average Bonchev–Trinajstić information content (AvgIpc) is 3.00. The molecular weight excluding hydrogens is 525 g/mol. The van der Waals surface area contributed by atoms with E-state index in [2.05, 4.69) is 5.32 Å². The van der Waals surface area contributed by atoms with Gasteiger partial charge in [0.25, 0.3) is 11.8 Å². The van der Waals surface area contributed by atoms with Crippen molar-refractivity contribution in [1.82, 2.24) is 10.2 Å². The van der Waals surface area contributed by atoms with Crippen molar-refractivity contribution in [1.29, 1.82) is 0 Å². The highest BCUT2D eigenvalue weighted by Gasteiger charge is 2.30. The first-order valence-corrected chi connectivity index (χ1v) is 12.0. The van der Waals surface area contributed by atoms with Crippen LogP contribution < -0.4 is 10.2 Å². The number of fused-ring (bicyclic) bond motifs is 1. The van der Waals surface area contributed by atoms with E-state index in [4.69, 9.17) is 4.74 Å². The van der Waals surface area contributed by atoms with Gasteiger partial charge in [0.1, 0.15) is 0 Å². The van der Waals surface area contributed by atoms with Crippen LogP contribution in [0.2, 0.25) is 0 Å². The SMILES string of the molecule is CC(C)C[C@@H](/C=C(/I)C(=O)N1CCc2ccccc21)NC(=O)[C@@H]1CN(C(=O)O)CCCO1. The third kappa shape index (κ3) is 6.22. The summed E-state index contributed by atoms with van der Waals surface area (Å²) in [6, 6.07) is 7.53. The molecule has 8 nitrogen and oxygen atoms in total. The molecular formula is C23H30IN3O5. The lowest BCUT2D eigenvalue weighted by atomic mass is 10.0. The maximum absolute atomic E-state index is 13.1. The number of amides is 3. The maximum atomic E-state index is 13.1. The van der Waals surface area contributed by atoms with Gasteiger partial charge in [-0.05, 0) is 65.5 Å². The van der Waals surface area contributed by atoms with Gasteiger partial charge in [0.15, 0.2) is 6.10 Å². The third-order valence-electron chi connectivity index (χ3n) is 5.58. The van der Waals surface area contributed by atoms with E-state index in [9.17, 15) is 19.5 Å². The Bertz CT molecular complexity index is 888. The van der Waals surface area contributed by atoms with Gasteiger partial charge in [0, 0.05) is 31.4 Å². The van der Waals surface area contributed by atoms with Crippen molar-refractivity contribution < 1.29 is 24.2 Å². The summed E-state index contributed by atoms with van der Waals surface area (Å²) >= 11 is 2.04. The topological polar surface area (TPSA) is 99.2 Å². The summed E-state index contributed by atoms with van der Waals surface area (Å²) in [6.07, 6.45) is 1.91. The molecule has 174 valence electrons. The molecule has 2 aliphatic heterocycles. The first-order chi connectivity index (χ1) is 15.3. The lowest BCUT2D eigenvalue weighted by molar-refractivity contribution is -0.133. The van der Waals surface area contributed by atoms with Crippen LogP contribution in [0.25, 0.3) is 0 Å². The Morgan fingerprint density at radius 3 is 2.75 bits per heavy atom. The summed E-state index contributed by atoms with van der Waals surface area (Å²) in [5, 5.41) is 12.3. The van der Waals surface area contributed by atoms with E-state index < -0.39 is 12.2 Å². The van der Waals surface area contributed by atoms with Gasteiger partial charge in [-0.2, -0.15) is 0 Å². The number of carbonyl (C=O) groups excluding carboxylic acids is 2. The molecule has 0 aromatic heterocycles. The first kappa shape index (κ1) is 24.5. The fourth-order valence-corrected chi connectivity index (χ4v) is 4.76. The van der Waals surface area contributed by atoms with Gasteiger partial charge in [0.05, 0.1) is 10.1 Å². The molecule has 0 unspecified atom stereocenters. The zero-order chi connectivity index (χ0) is 23.3. The molecule has 1 aromatic rings. The molecule has 2 N–H and O–H groups in total. The highest BCUT2D eigenvalue weighted by molar-refractivity contribution is 14.1. The fraction of sp³-hybridized carbons (Fsp3) is 0.522. The highest BCUT2D eigenvalue weighted by atomic mass is 127. The van der Waals surface area contributed by atoms with Crippen molar-refractivity contribution in [2.45, 2.75) is 45.3 Å². The van der Waals surface area contributed by atoms with Crippen LogP contribution in [0.3, 0.4) is 0 Å². The van der Waals surface area contributed by atoms with Crippen LogP contribution in [0.1, 0.15) is 32.3 Å². The first-order valence-electron chi connectivity index (χ1n) is 10.9. The number of carbonyl (C=O) groups is 3. The average molecular weight is 555 g/mol. The number of benzene rings is 1. The Hall–Kier alpha value is -2.14. The number of carboxylic acid groups (broad SMARTS) is 1. The molecule has 3 amide bonds. The Morgan fingerprint density at radius 1 is 1.28 bits per heavy atom. The van der Waals surface area contributed by atoms with Crippen molar-refractivity contribution in [2.75, 3.05) is 31.1 Å². The highest BCUT2D eigenvalue weighted by Crippen LogP contribution is 2.30. The maximum Gasteiger partial charge on any atom is 0.407 e. The van der Waals surface area contributed by atoms with Gasteiger partial charge in [-0.25, -0.2) is 4.79 Å². The summed E-state index contributed by atoms with van der Waals surface area (Å²) in [6.45, 7) is 5.41. The second-order valence-electron chi connectivity index (χ2n) is 8.54. The van der Waals surface area contributed by atoms with Gasteiger partial charge in [-0.15, -0.1) is 0 Å². The zero-order valence-corrected chi connectivity index (χ0v) is 20.6. The predicted molar refractivity (Wildman–Crippen MR) is 130 cm³/mol. The summed E-state index contributed by atoms with van der Waals surface area (Å²) in [4.78, 5) is 40.4. The van der Waals surface area contributed by atoms with E-state index in [1.807, 2.05) is 60.7 Å². The van der Waals surface area contributed by atoms with Crippen LogP contribution in [-0.2, 0) is 20.7 Å². The fourth-order valence-electron chi connectivity index (χ4n) is 4.04. The minimum Gasteiger partial charge on any atom is -0.465 e. The Balaban J connectivity index is 1.71. The zero-order valence-electron chi connectivity index (χ0n) is 18.4. The smallest absolute Gasteiger partial charge is 0.407 e. The van der Waals surface area contributed by atoms with Gasteiger partial charge in [-0.1, -0.05) is 32.0 Å². The quantitative estimate of drug-likeness (QED) is 0.415. The molecule has 32 heavy (non-hydrogen) atoms. The molecule has 1 fully saturated rings. The molecule has 2 heterocycles. The minimum atomic E-state index is -1.06. The molecule has 0 spiro atoms. The summed E-state index contributed by atoms with van der Waals surface area (Å²) < 4.78 is 6.15. The second-order valence-corrected chi connectivity index (χ2v) is 9.70. The van der Waals surface area contributed by atoms with Crippen LogP contribution in [0.5, 0.6) is 0 Å². The minimum absolute atomic E-state index is 0.000135. The van der Waals surface area contributed by atoms with Crippen molar-refractivity contribution >= 4 is 46.2 Å². The number of hydrogen-bond acceptors (Lipinski definition) is 4. The lowest BCUT2D eigenvalue weighted by Gasteiger charge is -2.24. The number of ether oxygens (including phenoxy) is 1. The molecule has 0 saturated carbocycles. The molecule has 1 aromatic carbocycles. The molecule has 0 radical (unpaired) electrons. The normalized spacial score (nSPS) is 20.0. The predicted octanol–water partition coefficient (Wildman–Crippen LogP) is 3.19. The van der Waals surface area contributed by atoms with E-state index in [1.54, 1.807) is 11.0 Å². The number of hydrogen-bond donors (Lipinski definition) is 2. The lowest BCUT2D eigenvalue weighted by Crippen LogP contribution is -2.47. The van der Waals surface area contributed by atoms with Crippen LogP contribution in [0.4, 0.5) is 10.5 Å². The summed E-state index contributed by atoms with van der Waals surface area (Å²) in [7, 11) is 0. The Labute approximate surface area is 202 Å². The van der Waals surface area contributed by atoms with Crippen LogP contribution in [0, 0.1) is 5.92 Å². The molecule has 3 rings (SSSR count). The molecule has 9 heteroatoms. The number of nitrogens with one attached hydrogen (secondary N) is 1. The molecule has 0 bridgehead atoms. The number of halogens is 1. The number of anilines is 1. The number of nitrogens with zero attached hydrogens (tertiary/aromatic N) is 2. The molecule has 2 atom stereocenters. The second kappa shape index (κ2) is 11.1. The van der Waals surface area contributed by atoms with Crippen molar-refractivity contribution in [2.24, 2.45) is 5.92 Å². The standard InChI is InChI=1S/C23H30IN3O5/c1-15(2)12-17(25-21(28)20-14-26(23(30)31)9-5-11-32-20)13-18(24)22(29)27-10-8-16-6-3-4-7-19(16)27/h3-4,6-7,13,15,17,20H,5,8-12,14H2,1-2H3,(H,25,28)(H,30,31)/b18-13+/t17-,20-/m0/s1. The number of rotatable bonds is 6. The Morgan fingerprint density at radius 2 is 2.03 bits per heavy atom.